The van der Waals surface area contributed by atoms with Crippen LogP contribution in [0.2, 0.25) is 0 Å². The van der Waals surface area contributed by atoms with Crippen molar-refractivity contribution in [3.63, 3.8) is 0 Å². The zero-order chi connectivity index (χ0) is 13.8. The second-order valence-corrected chi connectivity index (χ2v) is 6.94. The standard InChI is InChI=1S/C15H30N2O/c1-11(2)12(3)17-14(18)10-16-13-7-6-8-15(4,5)9-13/h11-13,16H,6-10H2,1-5H3,(H,17,18). The molecule has 1 amide bonds. The summed E-state index contributed by atoms with van der Waals surface area (Å²) in [5, 5.41) is 6.45. The average molecular weight is 254 g/mol. The molecule has 0 spiro atoms. The molecule has 0 saturated heterocycles. The molecular weight excluding hydrogens is 224 g/mol. The van der Waals surface area contributed by atoms with E-state index in [1.165, 1.54) is 25.7 Å². The maximum absolute atomic E-state index is 11.8. The van der Waals surface area contributed by atoms with E-state index in [2.05, 4.69) is 45.3 Å². The molecule has 0 aromatic heterocycles. The molecule has 0 aliphatic heterocycles. The van der Waals surface area contributed by atoms with Crippen molar-refractivity contribution in [3.05, 3.63) is 0 Å². The molecule has 18 heavy (non-hydrogen) atoms. The van der Waals surface area contributed by atoms with Crippen molar-refractivity contribution in [2.24, 2.45) is 11.3 Å². The Balaban J connectivity index is 2.26. The zero-order valence-electron chi connectivity index (χ0n) is 12.7. The number of amides is 1. The first kappa shape index (κ1) is 15.5. The van der Waals surface area contributed by atoms with Crippen molar-refractivity contribution >= 4 is 5.91 Å². The summed E-state index contributed by atoms with van der Waals surface area (Å²) in [5.41, 5.74) is 0.428. The Morgan fingerprint density at radius 2 is 2.00 bits per heavy atom. The van der Waals surface area contributed by atoms with E-state index in [-0.39, 0.29) is 11.9 Å². The predicted molar refractivity (Wildman–Crippen MR) is 76.5 cm³/mol. The lowest BCUT2D eigenvalue weighted by molar-refractivity contribution is -0.121. The van der Waals surface area contributed by atoms with Crippen LogP contribution in [0.25, 0.3) is 0 Å². The van der Waals surface area contributed by atoms with Crippen molar-refractivity contribution in [1.29, 1.82) is 0 Å². The van der Waals surface area contributed by atoms with Gasteiger partial charge in [-0.3, -0.25) is 4.79 Å². The van der Waals surface area contributed by atoms with Gasteiger partial charge in [0.25, 0.3) is 0 Å². The third-order valence-corrected chi connectivity index (χ3v) is 4.15. The molecule has 0 bridgehead atoms. The predicted octanol–water partition coefficient (Wildman–Crippen LogP) is 2.71. The largest absolute Gasteiger partial charge is 0.352 e. The highest BCUT2D eigenvalue weighted by atomic mass is 16.1. The molecule has 1 saturated carbocycles. The van der Waals surface area contributed by atoms with Crippen LogP contribution in [-0.2, 0) is 4.79 Å². The van der Waals surface area contributed by atoms with Crippen LogP contribution in [0, 0.1) is 11.3 Å². The van der Waals surface area contributed by atoms with E-state index in [0.717, 1.165) is 0 Å². The Morgan fingerprint density at radius 1 is 1.33 bits per heavy atom. The van der Waals surface area contributed by atoms with Crippen LogP contribution >= 0.6 is 0 Å². The minimum Gasteiger partial charge on any atom is -0.352 e. The van der Waals surface area contributed by atoms with E-state index in [1.807, 2.05) is 0 Å². The Labute approximate surface area is 112 Å². The summed E-state index contributed by atoms with van der Waals surface area (Å²) in [6.45, 7) is 11.4. The van der Waals surface area contributed by atoms with Gasteiger partial charge in [0.2, 0.25) is 5.91 Å². The lowest BCUT2D eigenvalue weighted by atomic mass is 9.75. The van der Waals surface area contributed by atoms with Crippen LogP contribution in [0.1, 0.15) is 60.3 Å². The fraction of sp³-hybridized carbons (Fsp3) is 0.933. The smallest absolute Gasteiger partial charge is 0.234 e. The van der Waals surface area contributed by atoms with Crippen molar-refractivity contribution in [1.82, 2.24) is 10.6 Å². The minimum atomic E-state index is 0.125. The highest BCUT2D eigenvalue weighted by Crippen LogP contribution is 2.34. The van der Waals surface area contributed by atoms with Gasteiger partial charge in [-0.05, 0) is 37.5 Å². The van der Waals surface area contributed by atoms with Crippen LogP contribution in [0.3, 0.4) is 0 Å². The third kappa shape index (κ3) is 5.38. The number of hydrogen-bond acceptors (Lipinski definition) is 2. The summed E-state index contributed by atoms with van der Waals surface area (Å²) in [6.07, 6.45) is 4.97. The number of rotatable bonds is 5. The van der Waals surface area contributed by atoms with Gasteiger partial charge in [-0.25, -0.2) is 0 Å². The Morgan fingerprint density at radius 3 is 2.56 bits per heavy atom. The van der Waals surface area contributed by atoms with Crippen LogP contribution in [-0.4, -0.2) is 24.5 Å². The van der Waals surface area contributed by atoms with Gasteiger partial charge in [0, 0.05) is 12.1 Å². The highest BCUT2D eigenvalue weighted by molar-refractivity contribution is 5.78. The van der Waals surface area contributed by atoms with E-state index in [9.17, 15) is 4.79 Å². The normalized spacial score (nSPS) is 24.9. The second kappa shape index (κ2) is 6.55. The van der Waals surface area contributed by atoms with Gasteiger partial charge >= 0.3 is 0 Å². The first-order chi connectivity index (χ1) is 8.30. The monoisotopic (exact) mass is 254 g/mol. The number of nitrogens with one attached hydrogen (secondary N) is 2. The van der Waals surface area contributed by atoms with E-state index in [1.54, 1.807) is 0 Å². The Bertz CT molecular complexity index is 274. The van der Waals surface area contributed by atoms with Crippen molar-refractivity contribution < 1.29 is 4.79 Å². The number of carbonyl (C=O) groups excluding carboxylic acids is 1. The zero-order valence-corrected chi connectivity index (χ0v) is 12.7. The molecule has 106 valence electrons. The van der Waals surface area contributed by atoms with E-state index in [0.29, 0.717) is 23.9 Å². The molecule has 0 aromatic carbocycles. The van der Waals surface area contributed by atoms with Crippen molar-refractivity contribution in [2.45, 2.75) is 72.4 Å². The van der Waals surface area contributed by atoms with Crippen LogP contribution < -0.4 is 10.6 Å². The summed E-state index contributed by atoms with van der Waals surface area (Å²) in [4.78, 5) is 11.8. The fourth-order valence-electron chi connectivity index (χ4n) is 2.58. The number of carbonyl (C=O) groups is 1. The highest BCUT2D eigenvalue weighted by Gasteiger charge is 2.27. The average Bonchev–Trinajstić information content (AvgIpc) is 2.25. The molecule has 3 nitrogen and oxygen atoms in total. The van der Waals surface area contributed by atoms with Gasteiger partial charge < -0.3 is 10.6 Å². The molecule has 0 heterocycles. The molecule has 0 aromatic rings. The molecular formula is C15H30N2O. The Kier molecular flexibility index (Phi) is 5.64. The minimum absolute atomic E-state index is 0.125. The van der Waals surface area contributed by atoms with Gasteiger partial charge in [0.05, 0.1) is 6.54 Å². The number of hydrogen-bond donors (Lipinski definition) is 2. The van der Waals surface area contributed by atoms with Crippen LogP contribution in [0.15, 0.2) is 0 Å². The van der Waals surface area contributed by atoms with Gasteiger partial charge in [-0.15, -0.1) is 0 Å². The first-order valence-electron chi connectivity index (χ1n) is 7.33. The maximum Gasteiger partial charge on any atom is 0.234 e. The van der Waals surface area contributed by atoms with Gasteiger partial charge in [-0.1, -0.05) is 34.1 Å². The van der Waals surface area contributed by atoms with Crippen LogP contribution in [0.4, 0.5) is 0 Å². The molecule has 2 N–H and O–H groups in total. The molecule has 3 heteroatoms. The van der Waals surface area contributed by atoms with E-state index in [4.69, 9.17) is 0 Å². The maximum atomic E-state index is 11.8. The SMILES string of the molecule is CC(C)C(C)NC(=O)CNC1CCCC(C)(C)C1. The third-order valence-electron chi connectivity index (χ3n) is 4.15. The summed E-state index contributed by atoms with van der Waals surface area (Å²) >= 11 is 0. The van der Waals surface area contributed by atoms with Crippen molar-refractivity contribution in [3.8, 4) is 0 Å². The summed E-state index contributed by atoms with van der Waals surface area (Å²) in [7, 11) is 0. The van der Waals surface area contributed by atoms with Gasteiger partial charge in [0.1, 0.15) is 0 Å². The molecule has 1 rings (SSSR count). The topological polar surface area (TPSA) is 41.1 Å². The molecule has 2 unspecified atom stereocenters. The molecule has 1 fully saturated rings. The van der Waals surface area contributed by atoms with E-state index >= 15 is 0 Å². The first-order valence-corrected chi connectivity index (χ1v) is 7.33. The molecule has 0 radical (unpaired) electrons. The second-order valence-electron chi connectivity index (χ2n) is 6.94. The van der Waals surface area contributed by atoms with Gasteiger partial charge in [-0.2, -0.15) is 0 Å². The molecule has 1 aliphatic carbocycles. The fourth-order valence-corrected chi connectivity index (χ4v) is 2.58. The summed E-state index contributed by atoms with van der Waals surface area (Å²) in [6, 6.07) is 0.760. The van der Waals surface area contributed by atoms with E-state index < -0.39 is 0 Å². The van der Waals surface area contributed by atoms with Crippen LogP contribution in [0.5, 0.6) is 0 Å². The summed E-state index contributed by atoms with van der Waals surface area (Å²) in [5.74, 6) is 0.613. The van der Waals surface area contributed by atoms with Gasteiger partial charge in [0.15, 0.2) is 0 Å². The lowest BCUT2D eigenvalue weighted by Gasteiger charge is -2.35. The Hall–Kier alpha value is -0.570. The lowest BCUT2D eigenvalue weighted by Crippen LogP contribution is -2.45. The quantitative estimate of drug-likeness (QED) is 0.792. The molecule has 1 aliphatic rings. The molecule has 2 atom stereocenters. The summed E-state index contributed by atoms with van der Waals surface area (Å²) < 4.78 is 0. The van der Waals surface area contributed by atoms with Crippen molar-refractivity contribution in [2.75, 3.05) is 6.54 Å².